The van der Waals surface area contributed by atoms with Gasteiger partial charge in [-0.25, -0.2) is 14.6 Å². The van der Waals surface area contributed by atoms with Crippen LogP contribution in [-0.2, 0) is 9.47 Å². The van der Waals surface area contributed by atoms with E-state index in [2.05, 4.69) is 13.2 Å². The summed E-state index contributed by atoms with van der Waals surface area (Å²) in [6.45, 7) is 6.57. The van der Waals surface area contributed by atoms with E-state index in [1.807, 2.05) is 0 Å². The van der Waals surface area contributed by atoms with E-state index in [4.69, 9.17) is 21.1 Å². The van der Waals surface area contributed by atoms with Crippen molar-refractivity contribution in [2.45, 2.75) is 11.6 Å². The zero-order chi connectivity index (χ0) is 14.4. The second kappa shape index (κ2) is 7.01. The molecule has 0 aromatic heterocycles. The van der Waals surface area contributed by atoms with Gasteiger partial charge in [0.2, 0.25) is 0 Å². The SMILES string of the molecule is C=CCOC(=O)N1CC(O)C(Cl)N1C(=O)OCC=C. The number of hydrogen-bond donors (Lipinski definition) is 1. The molecule has 0 spiro atoms. The standard InChI is InChI=1S/C11H15ClN2O5/c1-3-5-18-10(16)13-7-8(15)9(12)14(13)11(17)19-6-4-2/h3-4,8-9,15H,1-2,5-7H2. The minimum atomic E-state index is -1.10. The van der Waals surface area contributed by atoms with Gasteiger partial charge >= 0.3 is 12.2 Å². The topological polar surface area (TPSA) is 79.3 Å². The first-order chi connectivity index (χ1) is 9.02. The summed E-state index contributed by atoms with van der Waals surface area (Å²) in [4.78, 5) is 23.4. The smallest absolute Gasteiger partial charge is 0.430 e. The fourth-order valence-electron chi connectivity index (χ4n) is 1.41. The van der Waals surface area contributed by atoms with Crippen LogP contribution in [0.15, 0.2) is 25.3 Å². The van der Waals surface area contributed by atoms with Gasteiger partial charge in [-0.3, -0.25) is 0 Å². The van der Waals surface area contributed by atoms with Crippen molar-refractivity contribution in [3.8, 4) is 0 Å². The Hall–Kier alpha value is -1.73. The number of carbonyl (C=O) groups is 2. The molecule has 0 radical (unpaired) electrons. The minimum absolute atomic E-state index is 0.0199. The zero-order valence-electron chi connectivity index (χ0n) is 10.2. The van der Waals surface area contributed by atoms with Crippen LogP contribution < -0.4 is 0 Å². The Bertz CT molecular complexity index is 376. The van der Waals surface area contributed by atoms with Crippen LogP contribution >= 0.6 is 11.6 Å². The third kappa shape index (κ3) is 3.62. The van der Waals surface area contributed by atoms with Crippen LogP contribution in [-0.4, -0.2) is 58.7 Å². The number of halogens is 1. The summed E-state index contributed by atoms with van der Waals surface area (Å²) < 4.78 is 9.57. The van der Waals surface area contributed by atoms with Gasteiger partial charge in [-0.2, -0.15) is 5.01 Å². The van der Waals surface area contributed by atoms with Crippen LogP contribution in [0.4, 0.5) is 9.59 Å². The number of amides is 2. The summed E-state index contributed by atoms with van der Waals surface area (Å²) in [5.41, 5.74) is -1.10. The Morgan fingerprint density at radius 1 is 1.26 bits per heavy atom. The molecule has 0 aromatic rings. The van der Waals surface area contributed by atoms with Crippen LogP contribution in [0, 0.1) is 0 Å². The number of β-amino-alcohol motifs (C(OH)–C–C–N with tert-alkyl or cyclic N) is 1. The highest BCUT2D eigenvalue weighted by Gasteiger charge is 2.45. The monoisotopic (exact) mass is 290 g/mol. The number of carbonyl (C=O) groups excluding carboxylic acids is 2. The number of hydrazine groups is 1. The van der Waals surface area contributed by atoms with Gasteiger partial charge in [0, 0.05) is 0 Å². The summed E-state index contributed by atoms with van der Waals surface area (Å²) in [6.07, 6.45) is -0.0318. The molecule has 106 valence electrons. The van der Waals surface area contributed by atoms with E-state index in [9.17, 15) is 14.7 Å². The molecule has 8 heteroatoms. The fourth-order valence-corrected chi connectivity index (χ4v) is 1.68. The van der Waals surface area contributed by atoms with Crippen molar-refractivity contribution < 1.29 is 24.2 Å². The van der Waals surface area contributed by atoms with Gasteiger partial charge in [0.15, 0.2) is 5.50 Å². The van der Waals surface area contributed by atoms with Crippen LogP contribution in [0.5, 0.6) is 0 Å². The van der Waals surface area contributed by atoms with Gasteiger partial charge in [-0.05, 0) is 0 Å². The third-order valence-corrected chi connectivity index (χ3v) is 2.69. The normalized spacial score (nSPS) is 22.0. The van der Waals surface area contributed by atoms with E-state index >= 15 is 0 Å². The Kier molecular flexibility index (Phi) is 5.65. The molecule has 2 atom stereocenters. The lowest BCUT2D eigenvalue weighted by Gasteiger charge is -2.27. The molecule has 2 unspecified atom stereocenters. The summed E-state index contributed by atoms with van der Waals surface area (Å²) in [7, 11) is 0. The maximum Gasteiger partial charge on any atom is 0.430 e. The summed E-state index contributed by atoms with van der Waals surface area (Å²) in [6, 6.07) is 0. The molecule has 0 saturated carbocycles. The van der Waals surface area contributed by atoms with Crippen molar-refractivity contribution in [1.29, 1.82) is 0 Å². The van der Waals surface area contributed by atoms with Crippen molar-refractivity contribution in [3.05, 3.63) is 25.3 Å². The van der Waals surface area contributed by atoms with Crippen LogP contribution in [0.25, 0.3) is 0 Å². The molecule has 1 aliphatic rings. The molecule has 1 heterocycles. The lowest BCUT2D eigenvalue weighted by atomic mass is 10.4. The quantitative estimate of drug-likeness (QED) is 0.476. The van der Waals surface area contributed by atoms with Crippen LogP contribution in [0.2, 0.25) is 0 Å². The summed E-state index contributed by atoms with van der Waals surface area (Å²) in [5.74, 6) is 0. The second-order valence-electron chi connectivity index (χ2n) is 3.60. The Labute approximate surface area is 115 Å². The van der Waals surface area contributed by atoms with E-state index in [1.165, 1.54) is 12.2 Å². The Balaban J connectivity index is 2.76. The molecule has 7 nitrogen and oxygen atoms in total. The zero-order valence-corrected chi connectivity index (χ0v) is 11.0. The average molecular weight is 291 g/mol. The largest absolute Gasteiger partial charge is 0.444 e. The van der Waals surface area contributed by atoms with E-state index in [0.29, 0.717) is 0 Å². The fraction of sp³-hybridized carbons (Fsp3) is 0.455. The van der Waals surface area contributed by atoms with E-state index in [1.54, 1.807) is 0 Å². The minimum Gasteiger partial charge on any atom is -0.444 e. The third-order valence-electron chi connectivity index (χ3n) is 2.22. The first-order valence-corrected chi connectivity index (χ1v) is 5.90. The molecule has 1 rings (SSSR count). The number of aliphatic hydroxyl groups excluding tert-OH is 1. The summed E-state index contributed by atoms with van der Waals surface area (Å²) in [5, 5.41) is 11.3. The Morgan fingerprint density at radius 2 is 1.79 bits per heavy atom. The molecule has 0 aliphatic carbocycles. The number of rotatable bonds is 4. The molecular weight excluding hydrogens is 276 g/mol. The second-order valence-corrected chi connectivity index (χ2v) is 4.05. The van der Waals surface area contributed by atoms with Crippen molar-refractivity contribution in [2.24, 2.45) is 0 Å². The van der Waals surface area contributed by atoms with Gasteiger partial charge < -0.3 is 14.6 Å². The maximum atomic E-state index is 11.7. The van der Waals surface area contributed by atoms with Crippen molar-refractivity contribution >= 4 is 23.8 Å². The van der Waals surface area contributed by atoms with Gasteiger partial charge in [0.1, 0.15) is 19.3 Å². The number of hydrogen-bond acceptors (Lipinski definition) is 5. The predicted octanol–water partition coefficient (Wildman–Crippen LogP) is 1.09. The van der Waals surface area contributed by atoms with Gasteiger partial charge in [0.05, 0.1) is 6.54 Å². The molecule has 1 fully saturated rings. The van der Waals surface area contributed by atoms with Crippen molar-refractivity contribution in [3.63, 3.8) is 0 Å². The molecule has 2 amide bonds. The molecule has 1 aliphatic heterocycles. The van der Waals surface area contributed by atoms with Crippen molar-refractivity contribution in [2.75, 3.05) is 19.8 Å². The Morgan fingerprint density at radius 3 is 2.32 bits per heavy atom. The highest BCUT2D eigenvalue weighted by molar-refractivity contribution is 6.21. The predicted molar refractivity (Wildman–Crippen MR) is 67.3 cm³/mol. The van der Waals surface area contributed by atoms with Gasteiger partial charge in [-0.15, -0.1) is 0 Å². The number of ether oxygens (including phenoxy) is 2. The van der Waals surface area contributed by atoms with Gasteiger partial charge in [0.25, 0.3) is 0 Å². The lowest BCUT2D eigenvalue weighted by molar-refractivity contribution is 0.00698. The first-order valence-electron chi connectivity index (χ1n) is 5.47. The first kappa shape index (κ1) is 15.3. The average Bonchev–Trinajstić information content (AvgIpc) is 2.69. The molecule has 1 saturated heterocycles. The van der Waals surface area contributed by atoms with Crippen LogP contribution in [0.1, 0.15) is 0 Å². The van der Waals surface area contributed by atoms with Crippen LogP contribution in [0.3, 0.4) is 0 Å². The molecular formula is C11H15ClN2O5. The molecule has 0 aromatic carbocycles. The number of aliphatic hydroxyl groups is 1. The highest BCUT2D eigenvalue weighted by atomic mass is 35.5. The van der Waals surface area contributed by atoms with E-state index in [-0.39, 0.29) is 19.8 Å². The number of alkyl halides is 1. The summed E-state index contributed by atoms with van der Waals surface area (Å²) >= 11 is 5.85. The van der Waals surface area contributed by atoms with Gasteiger partial charge in [-0.1, -0.05) is 36.9 Å². The highest BCUT2D eigenvalue weighted by Crippen LogP contribution is 2.24. The van der Waals surface area contributed by atoms with Crippen molar-refractivity contribution in [1.82, 2.24) is 10.0 Å². The molecule has 0 bridgehead atoms. The molecule has 19 heavy (non-hydrogen) atoms. The van der Waals surface area contributed by atoms with E-state index < -0.39 is 23.8 Å². The lowest BCUT2D eigenvalue weighted by Crippen LogP contribution is -2.47. The van der Waals surface area contributed by atoms with E-state index in [0.717, 1.165) is 10.0 Å². The maximum absolute atomic E-state index is 11.7. The number of nitrogens with zero attached hydrogens (tertiary/aromatic N) is 2. The molecule has 1 N–H and O–H groups in total.